The molecule has 0 bridgehead atoms. The van der Waals surface area contributed by atoms with Crippen molar-refractivity contribution in [2.45, 2.75) is 6.42 Å². The number of rotatable bonds is 8. The van der Waals surface area contributed by atoms with Crippen LogP contribution in [0.3, 0.4) is 0 Å². The highest BCUT2D eigenvalue weighted by atomic mass is 16.5. The van der Waals surface area contributed by atoms with Crippen molar-refractivity contribution in [3.8, 4) is 17.2 Å². The highest BCUT2D eigenvalue weighted by molar-refractivity contribution is 5.95. The van der Waals surface area contributed by atoms with Crippen molar-refractivity contribution in [2.24, 2.45) is 0 Å². The van der Waals surface area contributed by atoms with Gasteiger partial charge in [0.1, 0.15) is 5.75 Å². The molecule has 0 unspecified atom stereocenters. The van der Waals surface area contributed by atoms with E-state index in [1.165, 1.54) is 0 Å². The van der Waals surface area contributed by atoms with Crippen molar-refractivity contribution in [1.82, 2.24) is 4.90 Å². The Bertz CT molecular complexity index is 765. The van der Waals surface area contributed by atoms with Gasteiger partial charge in [-0.3, -0.25) is 9.69 Å². The zero-order valence-corrected chi connectivity index (χ0v) is 15.9. The molecule has 1 saturated heterocycles. The Kier molecular flexibility index (Phi) is 6.54. The summed E-state index contributed by atoms with van der Waals surface area (Å²) in [6.45, 7) is 3.36. The van der Waals surface area contributed by atoms with Crippen molar-refractivity contribution < 1.29 is 19.0 Å². The highest BCUT2D eigenvalue weighted by Crippen LogP contribution is 2.26. The summed E-state index contributed by atoms with van der Waals surface area (Å²) in [5, 5.41) is 0. The quantitative estimate of drug-likeness (QED) is 0.669. The first-order valence-electron chi connectivity index (χ1n) is 9.14. The van der Waals surface area contributed by atoms with Crippen LogP contribution in [0.15, 0.2) is 48.5 Å². The summed E-state index contributed by atoms with van der Waals surface area (Å²) in [7, 11) is 3.27. The van der Waals surface area contributed by atoms with E-state index < -0.39 is 0 Å². The maximum atomic E-state index is 12.5. The molecule has 1 amide bonds. The summed E-state index contributed by atoms with van der Waals surface area (Å²) in [6, 6.07) is 15.2. The Balaban J connectivity index is 1.45. The van der Waals surface area contributed by atoms with E-state index in [1.807, 2.05) is 53.4 Å². The topological polar surface area (TPSA) is 51.2 Å². The normalized spacial score (nSPS) is 14.9. The van der Waals surface area contributed by atoms with Gasteiger partial charge in [0.15, 0.2) is 11.5 Å². The van der Waals surface area contributed by atoms with Gasteiger partial charge in [-0.1, -0.05) is 18.2 Å². The molecule has 144 valence electrons. The molecule has 1 heterocycles. The Morgan fingerprint density at radius 3 is 2.52 bits per heavy atom. The van der Waals surface area contributed by atoms with E-state index in [1.54, 1.807) is 14.2 Å². The fraction of sp³-hybridized carbons (Fsp3) is 0.381. The van der Waals surface area contributed by atoms with Crippen LogP contribution >= 0.6 is 0 Å². The largest absolute Gasteiger partial charge is 0.497 e. The van der Waals surface area contributed by atoms with Crippen molar-refractivity contribution in [3.63, 3.8) is 0 Å². The van der Waals surface area contributed by atoms with Crippen LogP contribution in [-0.4, -0.2) is 57.8 Å². The van der Waals surface area contributed by atoms with E-state index in [0.717, 1.165) is 42.4 Å². The second-order valence-electron chi connectivity index (χ2n) is 6.38. The van der Waals surface area contributed by atoms with E-state index in [-0.39, 0.29) is 5.91 Å². The van der Waals surface area contributed by atoms with Gasteiger partial charge >= 0.3 is 0 Å². The maximum Gasteiger partial charge on any atom is 0.241 e. The van der Waals surface area contributed by atoms with Crippen LogP contribution in [-0.2, 0) is 4.79 Å². The summed E-state index contributed by atoms with van der Waals surface area (Å²) in [5.74, 6) is 2.36. The molecule has 1 aliphatic rings. The first-order chi connectivity index (χ1) is 13.2. The predicted octanol–water partition coefficient (Wildman–Crippen LogP) is 2.82. The van der Waals surface area contributed by atoms with E-state index in [0.29, 0.717) is 19.7 Å². The molecule has 1 fully saturated rings. The van der Waals surface area contributed by atoms with Crippen LogP contribution in [0.1, 0.15) is 6.42 Å². The van der Waals surface area contributed by atoms with Gasteiger partial charge in [-0.05, 0) is 30.7 Å². The van der Waals surface area contributed by atoms with Crippen LogP contribution in [0.4, 0.5) is 5.69 Å². The van der Waals surface area contributed by atoms with Crippen LogP contribution in [0.5, 0.6) is 17.2 Å². The fourth-order valence-corrected chi connectivity index (χ4v) is 3.17. The van der Waals surface area contributed by atoms with Crippen molar-refractivity contribution in [3.05, 3.63) is 48.5 Å². The molecule has 1 aliphatic heterocycles. The lowest BCUT2D eigenvalue weighted by molar-refractivity contribution is -0.121. The Hall–Kier alpha value is -2.73. The lowest BCUT2D eigenvalue weighted by Gasteiger charge is -2.34. The lowest BCUT2D eigenvalue weighted by atomic mass is 10.2. The van der Waals surface area contributed by atoms with Crippen molar-refractivity contribution >= 4 is 11.6 Å². The molecule has 3 rings (SSSR count). The number of carbonyl (C=O) groups is 1. The van der Waals surface area contributed by atoms with Gasteiger partial charge in [-0.2, -0.15) is 0 Å². The van der Waals surface area contributed by atoms with Crippen LogP contribution in [0.25, 0.3) is 0 Å². The minimum absolute atomic E-state index is 0.111. The van der Waals surface area contributed by atoms with Gasteiger partial charge in [-0.15, -0.1) is 0 Å². The third-order valence-electron chi connectivity index (χ3n) is 4.61. The van der Waals surface area contributed by atoms with Crippen molar-refractivity contribution in [1.29, 1.82) is 0 Å². The molecule has 0 aromatic heterocycles. The predicted molar refractivity (Wildman–Crippen MR) is 105 cm³/mol. The summed E-state index contributed by atoms with van der Waals surface area (Å²) >= 11 is 0. The molecule has 6 heteroatoms. The highest BCUT2D eigenvalue weighted by Gasteiger charge is 2.24. The molecular weight excluding hydrogens is 344 g/mol. The molecule has 2 aromatic carbocycles. The van der Waals surface area contributed by atoms with Gasteiger partial charge < -0.3 is 19.1 Å². The standard InChI is InChI=1S/C21H26N2O4/c1-25-18-8-5-7-17(15-18)23-13-12-22(16-21(23)24)11-6-14-27-20-10-4-3-9-19(20)26-2/h3-5,7-10,15H,6,11-14,16H2,1-2H3. The number of hydrogen-bond donors (Lipinski definition) is 0. The maximum absolute atomic E-state index is 12.5. The SMILES string of the molecule is COc1cccc(N2CCN(CCCOc3ccccc3OC)CC2=O)c1. The summed E-state index contributed by atoms with van der Waals surface area (Å²) in [6.07, 6.45) is 0.852. The van der Waals surface area contributed by atoms with Crippen LogP contribution < -0.4 is 19.1 Å². The first-order valence-corrected chi connectivity index (χ1v) is 9.14. The van der Waals surface area contributed by atoms with Crippen LogP contribution in [0, 0.1) is 0 Å². The zero-order chi connectivity index (χ0) is 19.1. The Labute approximate surface area is 160 Å². The van der Waals surface area contributed by atoms with E-state index in [2.05, 4.69) is 4.90 Å². The number of anilines is 1. The number of benzene rings is 2. The van der Waals surface area contributed by atoms with E-state index in [9.17, 15) is 4.79 Å². The number of hydrogen-bond acceptors (Lipinski definition) is 5. The molecule has 0 aliphatic carbocycles. The van der Waals surface area contributed by atoms with Gasteiger partial charge in [0, 0.05) is 31.4 Å². The molecule has 0 N–H and O–H groups in total. The Morgan fingerprint density at radius 1 is 0.963 bits per heavy atom. The minimum atomic E-state index is 0.111. The zero-order valence-electron chi connectivity index (χ0n) is 15.9. The second-order valence-corrected chi connectivity index (χ2v) is 6.38. The molecule has 0 saturated carbocycles. The smallest absolute Gasteiger partial charge is 0.241 e. The van der Waals surface area contributed by atoms with E-state index in [4.69, 9.17) is 14.2 Å². The number of amides is 1. The average Bonchev–Trinajstić information content (AvgIpc) is 2.71. The van der Waals surface area contributed by atoms with E-state index >= 15 is 0 Å². The van der Waals surface area contributed by atoms with Gasteiger partial charge in [0.05, 0.1) is 27.4 Å². The third kappa shape index (κ3) is 4.92. The molecule has 27 heavy (non-hydrogen) atoms. The molecule has 0 spiro atoms. The lowest BCUT2D eigenvalue weighted by Crippen LogP contribution is -2.50. The van der Waals surface area contributed by atoms with Gasteiger partial charge in [-0.25, -0.2) is 0 Å². The molecule has 0 atom stereocenters. The molecule has 0 radical (unpaired) electrons. The number of carbonyl (C=O) groups excluding carboxylic acids is 1. The van der Waals surface area contributed by atoms with Gasteiger partial charge in [0.25, 0.3) is 0 Å². The van der Waals surface area contributed by atoms with Crippen molar-refractivity contribution in [2.75, 3.05) is 51.9 Å². The molecular formula is C21H26N2O4. The first kappa shape index (κ1) is 19.0. The monoisotopic (exact) mass is 370 g/mol. The second kappa shape index (κ2) is 9.28. The third-order valence-corrected chi connectivity index (χ3v) is 4.61. The summed E-state index contributed by atoms with van der Waals surface area (Å²) < 4.78 is 16.3. The van der Waals surface area contributed by atoms with Crippen LogP contribution in [0.2, 0.25) is 0 Å². The number of nitrogens with zero attached hydrogens (tertiary/aromatic N) is 2. The summed E-state index contributed by atoms with van der Waals surface area (Å²) in [5.41, 5.74) is 0.888. The number of methoxy groups -OCH3 is 2. The number of ether oxygens (including phenoxy) is 3. The minimum Gasteiger partial charge on any atom is -0.497 e. The van der Waals surface area contributed by atoms with Gasteiger partial charge in [0.2, 0.25) is 5.91 Å². The Morgan fingerprint density at radius 2 is 1.78 bits per heavy atom. The average molecular weight is 370 g/mol. The molecule has 2 aromatic rings. The number of piperazine rings is 1. The number of para-hydroxylation sites is 2. The fourth-order valence-electron chi connectivity index (χ4n) is 3.17. The summed E-state index contributed by atoms with van der Waals surface area (Å²) in [4.78, 5) is 16.5. The molecule has 6 nitrogen and oxygen atoms in total.